The van der Waals surface area contributed by atoms with Gasteiger partial charge in [-0.1, -0.05) is 6.08 Å². The number of thiophene rings is 1. The van der Waals surface area contributed by atoms with E-state index >= 15 is 0 Å². The van der Waals surface area contributed by atoms with E-state index in [9.17, 15) is 9.59 Å². The first-order chi connectivity index (χ1) is 10.5. The van der Waals surface area contributed by atoms with Crippen molar-refractivity contribution in [1.29, 1.82) is 0 Å². The number of aryl methyl sites for hydroxylation is 2. The predicted octanol–water partition coefficient (Wildman–Crippen LogP) is 2.97. The number of hydrogen-bond acceptors (Lipinski definition) is 5. The summed E-state index contributed by atoms with van der Waals surface area (Å²) >= 11 is 2.90. The Morgan fingerprint density at radius 2 is 2.18 bits per heavy atom. The van der Waals surface area contributed by atoms with Gasteiger partial charge in [-0.2, -0.15) is 0 Å². The van der Waals surface area contributed by atoms with Gasteiger partial charge in [0.25, 0.3) is 0 Å². The van der Waals surface area contributed by atoms with Gasteiger partial charge in [-0.3, -0.25) is 14.9 Å². The second-order valence-corrected chi connectivity index (χ2v) is 6.97. The maximum Gasteiger partial charge on any atom is 0.315 e. The molecule has 0 aliphatic heterocycles. The number of rotatable bonds is 5. The summed E-state index contributed by atoms with van der Waals surface area (Å²) in [5.74, 6) is -1.26. The van der Waals surface area contributed by atoms with E-state index in [4.69, 9.17) is 0 Å². The Hall–Kier alpha value is -1.99. The van der Waals surface area contributed by atoms with Gasteiger partial charge in [0.15, 0.2) is 5.13 Å². The summed E-state index contributed by atoms with van der Waals surface area (Å²) in [6.45, 7) is 8.20. The van der Waals surface area contributed by atoms with E-state index in [1.807, 2.05) is 31.4 Å². The highest BCUT2D eigenvalue weighted by Gasteiger charge is 2.22. The molecule has 2 amide bonds. The third kappa shape index (κ3) is 4.25. The Kier molecular flexibility index (Phi) is 5.46. The highest BCUT2D eigenvalue weighted by Crippen LogP contribution is 2.18. The molecule has 0 bridgehead atoms. The van der Waals surface area contributed by atoms with Crippen LogP contribution in [0.4, 0.5) is 5.13 Å². The highest BCUT2D eigenvalue weighted by molar-refractivity contribution is 7.14. The van der Waals surface area contributed by atoms with Crippen LogP contribution in [0.3, 0.4) is 0 Å². The molecule has 1 N–H and O–H groups in total. The molecule has 22 heavy (non-hydrogen) atoms. The molecular formula is C15H17N3O2S2. The summed E-state index contributed by atoms with van der Waals surface area (Å²) in [6, 6.07) is 3.96. The molecule has 0 aliphatic carbocycles. The number of carbonyl (C=O) groups is 2. The van der Waals surface area contributed by atoms with Gasteiger partial charge in [-0.25, -0.2) is 4.98 Å². The lowest BCUT2D eigenvalue weighted by Crippen LogP contribution is -2.39. The van der Waals surface area contributed by atoms with Gasteiger partial charge in [0, 0.05) is 21.7 Å². The van der Waals surface area contributed by atoms with Gasteiger partial charge in [-0.15, -0.1) is 29.3 Å². The fraction of sp³-hybridized carbons (Fsp3) is 0.267. The van der Waals surface area contributed by atoms with Crippen molar-refractivity contribution in [3.05, 3.63) is 45.6 Å². The van der Waals surface area contributed by atoms with Crippen LogP contribution in [-0.4, -0.2) is 28.2 Å². The van der Waals surface area contributed by atoms with Crippen LogP contribution in [-0.2, 0) is 16.1 Å². The summed E-state index contributed by atoms with van der Waals surface area (Å²) in [7, 11) is 0. The number of aromatic nitrogens is 1. The van der Waals surface area contributed by atoms with Crippen LogP contribution < -0.4 is 5.32 Å². The lowest BCUT2D eigenvalue weighted by molar-refractivity contribution is -0.143. The number of hydrogen-bond donors (Lipinski definition) is 1. The second-order valence-electron chi connectivity index (χ2n) is 4.73. The average molecular weight is 335 g/mol. The van der Waals surface area contributed by atoms with Crippen LogP contribution in [0.15, 0.2) is 30.2 Å². The maximum absolute atomic E-state index is 12.3. The van der Waals surface area contributed by atoms with E-state index in [-0.39, 0.29) is 0 Å². The smallest absolute Gasteiger partial charge is 0.315 e. The Balaban J connectivity index is 2.04. The summed E-state index contributed by atoms with van der Waals surface area (Å²) in [5, 5.41) is 4.79. The van der Waals surface area contributed by atoms with Gasteiger partial charge in [0.05, 0.1) is 12.2 Å². The van der Waals surface area contributed by atoms with E-state index in [0.29, 0.717) is 18.2 Å². The molecule has 0 radical (unpaired) electrons. The zero-order valence-electron chi connectivity index (χ0n) is 12.5. The van der Waals surface area contributed by atoms with Crippen LogP contribution in [0, 0.1) is 13.8 Å². The molecule has 116 valence electrons. The molecule has 0 aromatic carbocycles. The Labute approximate surface area is 137 Å². The monoisotopic (exact) mass is 335 g/mol. The lowest BCUT2D eigenvalue weighted by Gasteiger charge is -2.19. The largest absolute Gasteiger partial charge is 0.326 e. The molecule has 5 nitrogen and oxygen atoms in total. The third-order valence-electron chi connectivity index (χ3n) is 2.81. The van der Waals surface area contributed by atoms with Gasteiger partial charge in [0.2, 0.25) is 0 Å². The number of thiazole rings is 1. The molecule has 2 rings (SSSR count). The molecule has 0 saturated carbocycles. The van der Waals surface area contributed by atoms with Gasteiger partial charge < -0.3 is 4.90 Å². The number of amides is 2. The topological polar surface area (TPSA) is 62.3 Å². The maximum atomic E-state index is 12.3. The van der Waals surface area contributed by atoms with E-state index < -0.39 is 11.8 Å². The minimum Gasteiger partial charge on any atom is -0.326 e. The number of anilines is 1. The van der Waals surface area contributed by atoms with Crippen molar-refractivity contribution in [3.8, 4) is 0 Å². The van der Waals surface area contributed by atoms with Crippen LogP contribution in [0.25, 0.3) is 0 Å². The minimum atomic E-state index is -0.676. The lowest BCUT2D eigenvalue weighted by atomic mass is 10.3. The molecule has 2 heterocycles. The molecular weight excluding hydrogens is 318 g/mol. The molecule has 0 atom stereocenters. The number of nitrogens with one attached hydrogen (secondary N) is 1. The normalized spacial score (nSPS) is 10.3. The first-order valence-corrected chi connectivity index (χ1v) is 8.38. The summed E-state index contributed by atoms with van der Waals surface area (Å²) in [6.07, 6.45) is 1.61. The fourth-order valence-electron chi connectivity index (χ4n) is 1.84. The SMILES string of the molecule is C=CCN(Cc1ccc(C)s1)C(=O)C(=O)Nc1nc(C)cs1. The van der Waals surface area contributed by atoms with Gasteiger partial charge in [-0.05, 0) is 26.0 Å². The first-order valence-electron chi connectivity index (χ1n) is 6.68. The summed E-state index contributed by atoms with van der Waals surface area (Å²) in [4.78, 5) is 32.2. The van der Waals surface area contributed by atoms with Gasteiger partial charge in [0.1, 0.15) is 0 Å². The van der Waals surface area contributed by atoms with Crippen molar-refractivity contribution in [2.75, 3.05) is 11.9 Å². The quantitative estimate of drug-likeness (QED) is 0.675. The Morgan fingerprint density at radius 1 is 1.41 bits per heavy atom. The minimum absolute atomic E-state index is 0.320. The molecule has 7 heteroatoms. The van der Waals surface area contributed by atoms with Crippen molar-refractivity contribution in [1.82, 2.24) is 9.88 Å². The van der Waals surface area contributed by atoms with Crippen molar-refractivity contribution in [2.45, 2.75) is 20.4 Å². The molecule has 2 aromatic rings. The zero-order chi connectivity index (χ0) is 16.1. The Bertz CT molecular complexity index is 691. The summed E-state index contributed by atoms with van der Waals surface area (Å²) in [5.41, 5.74) is 0.810. The molecule has 0 aliphatic rings. The molecule has 0 fully saturated rings. The third-order valence-corrected chi connectivity index (χ3v) is 4.67. The van der Waals surface area contributed by atoms with Crippen molar-refractivity contribution < 1.29 is 9.59 Å². The van der Waals surface area contributed by atoms with Crippen LogP contribution in [0.5, 0.6) is 0 Å². The van der Waals surface area contributed by atoms with Crippen molar-refractivity contribution in [3.63, 3.8) is 0 Å². The molecule has 0 saturated heterocycles. The fourth-order valence-corrected chi connectivity index (χ4v) is 3.43. The molecule has 0 spiro atoms. The average Bonchev–Trinajstić information content (AvgIpc) is 3.06. The highest BCUT2D eigenvalue weighted by atomic mass is 32.1. The second kappa shape index (κ2) is 7.33. The number of carbonyl (C=O) groups excluding carboxylic acids is 2. The van der Waals surface area contributed by atoms with Crippen molar-refractivity contribution >= 4 is 39.6 Å². The van der Waals surface area contributed by atoms with E-state index in [0.717, 1.165) is 10.6 Å². The van der Waals surface area contributed by atoms with Crippen molar-refractivity contribution in [2.24, 2.45) is 0 Å². The van der Waals surface area contributed by atoms with E-state index in [1.54, 1.807) is 17.4 Å². The number of nitrogens with zero attached hydrogens (tertiary/aromatic N) is 2. The van der Waals surface area contributed by atoms with E-state index in [1.165, 1.54) is 21.1 Å². The predicted molar refractivity (Wildman–Crippen MR) is 90.2 cm³/mol. The Morgan fingerprint density at radius 3 is 2.73 bits per heavy atom. The van der Waals surface area contributed by atoms with Crippen LogP contribution >= 0.6 is 22.7 Å². The van der Waals surface area contributed by atoms with E-state index in [2.05, 4.69) is 16.9 Å². The first kappa shape index (κ1) is 16.4. The van der Waals surface area contributed by atoms with Crippen LogP contribution in [0.1, 0.15) is 15.4 Å². The zero-order valence-corrected chi connectivity index (χ0v) is 14.1. The molecule has 2 aromatic heterocycles. The standard InChI is InChI=1S/C15H17N3O2S2/c1-4-7-18(8-12-6-5-11(3)22-12)14(20)13(19)17-15-16-10(2)9-21-15/h4-6,9H,1,7-8H2,2-3H3,(H,16,17,19). The molecule has 0 unspecified atom stereocenters. The van der Waals surface area contributed by atoms with Gasteiger partial charge >= 0.3 is 11.8 Å². The summed E-state index contributed by atoms with van der Waals surface area (Å²) < 4.78 is 0. The van der Waals surface area contributed by atoms with Crippen LogP contribution in [0.2, 0.25) is 0 Å².